The van der Waals surface area contributed by atoms with Crippen LogP contribution >= 0.6 is 0 Å². The third kappa shape index (κ3) is 5.74. The first-order valence-corrected chi connectivity index (χ1v) is 8.32. The topological polar surface area (TPSA) is 43.4 Å². The summed E-state index contributed by atoms with van der Waals surface area (Å²) in [6.45, 7) is 6.58. The van der Waals surface area contributed by atoms with Crippen LogP contribution in [0.1, 0.15) is 45.1 Å². The minimum atomic E-state index is -3.58. The molecule has 0 aromatic heterocycles. The molecule has 0 heterocycles. The molecule has 1 unspecified atom stereocenters. The molecule has 0 fully saturated rings. The van der Waals surface area contributed by atoms with Gasteiger partial charge in [0.2, 0.25) is 0 Å². The summed E-state index contributed by atoms with van der Waals surface area (Å²) < 4.78 is 28.8. The third-order valence-electron chi connectivity index (χ3n) is 3.34. The Morgan fingerprint density at radius 3 is 2.37 bits per heavy atom. The Balaban J connectivity index is 2.37. The molecular formula is C15H24O3S. The highest BCUT2D eigenvalue weighted by molar-refractivity contribution is 7.86. The molecule has 1 aromatic carbocycles. The van der Waals surface area contributed by atoms with Crippen molar-refractivity contribution in [2.45, 2.75) is 51.3 Å². The lowest BCUT2D eigenvalue weighted by Gasteiger charge is -2.08. The summed E-state index contributed by atoms with van der Waals surface area (Å²) in [6, 6.07) is 6.73. The molecule has 0 radical (unpaired) electrons. The molecule has 0 saturated heterocycles. The normalized spacial score (nSPS) is 13.4. The van der Waals surface area contributed by atoms with Crippen molar-refractivity contribution in [2.75, 3.05) is 6.61 Å². The van der Waals surface area contributed by atoms with Gasteiger partial charge in [-0.2, -0.15) is 8.42 Å². The van der Waals surface area contributed by atoms with Gasteiger partial charge in [-0.15, -0.1) is 0 Å². The van der Waals surface area contributed by atoms with Crippen LogP contribution in [-0.4, -0.2) is 15.0 Å². The summed E-state index contributed by atoms with van der Waals surface area (Å²) in [5.74, 6) is 0.703. The number of aryl methyl sites for hydroxylation is 1. The second kappa shape index (κ2) is 7.65. The highest BCUT2D eigenvalue weighted by Crippen LogP contribution is 2.15. The van der Waals surface area contributed by atoms with Crippen molar-refractivity contribution in [1.29, 1.82) is 0 Å². The first-order chi connectivity index (χ1) is 8.95. The van der Waals surface area contributed by atoms with Crippen molar-refractivity contribution >= 4 is 10.1 Å². The number of rotatable bonds is 8. The summed E-state index contributed by atoms with van der Waals surface area (Å²) in [4.78, 5) is 0.236. The van der Waals surface area contributed by atoms with Gasteiger partial charge in [0.05, 0.1) is 11.5 Å². The average Bonchev–Trinajstić information content (AvgIpc) is 2.38. The molecule has 0 aliphatic rings. The van der Waals surface area contributed by atoms with Gasteiger partial charge in [0.1, 0.15) is 0 Å². The van der Waals surface area contributed by atoms with Crippen LogP contribution < -0.4 is 0 Å². The SMILES string of the molecule is CCC(C)CCCCOS(=O)(=O)c1ccc(C)cc1. The van der Waals surface area contributed by atoms with E-state index in [1.165, 1.54) is 6.42 Å². The van der Waals surface area contributed by atoms with E-state index in [4.69, 9.17) is 4.18 Å². The van der Waals surface area contributed by atoms with Gasteiger partial charge in [-0.3, -0.25) is 4.18 Å². The molecule has 0 bridgehead atoms. The van der Waals surface area contributed by atoms with Gasteiger partial charge in [-0.05, 0) is 31.4 Å². The molecule has 4 heteroatoms. The Morgan fingerprint density at radius 1 is 1.16 bits per heavy atom. The van der Waals surface area contributed by atoms with Gasteiger partial charge in [0.25, 0.3) is 10.1 Å². The Labute approximate surface area is 117 Å². The average molecular weight is 284 g/mol. The zero-order valence-corrected chi connectivity index (χ0v) is 12.9. The van der Waals surface area contributed by atoms with Crippen LogP contribution in [0.5, 0.6) is 0 Å². The molecule has 108 valence electrons. The van der Waals surface area contributed by atoms with Crippen molar-refractivity contribution in [3.63, 3.8) is 0 Å². The van der Waals surface area contributed by atoms with Gasteiger partial charge in [-0.1, -0.05) is 50.8 Å². The van der Waals surface area contributed by atoms with Crippen LogP contribution in [-0.2, 0) is 14.3 Å². The predicted molar refractivity (Wildman–Crippen MR) is 77.6 cm³/mol. The molecule has 0 saturated carbocycles. The van der Waals surface area contributed by atoms with Crippen LogP contribution in [0.3, 0.4) is 0 Å². The smallest absolute Gasteiger partial charge is 0.266 e. The van der Waals surface area contributed by atoms with Crippen molar-refractivity contribution in [3.8, 4) is 0 Å². The van der Waals surface area contributed by atoms with E-state index in [-0.39, 0.29) is 11.5 Å². The molecule has 1 aromatic rings. The van der Waals surface area contributed by atoms with Crippen molar-refractivity contribution < 1.29 is 12.6 Å². The first kappa shape index (κ1) is 16.2. The van der Waals surface area contributed by atoms with Crippen molar-refractivity contribution in [2.24, 2.45) is 5.92 Å². The second-order valence-corrected chi connectivity index (χ2v) is 6.71. The van der Waals surface area contributed by atoms with Crippen molar-refractivity contribution in [3.05, 3.63) is 29.8 Å². The summed E-state index contributed by atoms with van der Waals surface area (Å²) in [6.07, 6.45) is 4.10. The van der Waals surface area contributed by atoms with E-state index in [1.807, 2.05) is 6.92 Å². The van der Waals surface area contributed by atoms with E-state index in [2.05, 4.69) is 13.8 Å². The maximum atomic E-state index is 11.9. The Morgan fingerprint density at radius 2 is 1.79 bits per heavy atom. The second-order valence-electron chi connectivity index (χ2n) is 5.10. The Kier molecular flexibility index (Phi) is 6.52. The zero-order valence-electron chi connectivity index (χ0n) is 12.1. The highest BCUT2D eigenvalue weighted by Gasteiger charge is 2.14. The number of benzene rings is 1. The zero-order chi connectivity index (χ0) is 14.3. The molecule has 0 N–H and O–H groups in total. The molecule has 19 heavy (non-hydrogen) atoms. The van der Waals surface area contributed by atoms with Crippen LogP contribution in [0.2, 0.25) is 0 Å². The number of hydrogen-bond acceptors (Lipinski definition) is 3. The lowest BCUT2D eigenvalue weighted by atomic mass is 10.0. The van der Waals surface area contributed by atoms with Gasteiger partial charge >= 0.3 is 0 Å². The minimum absolute atomic E-state index is 0.236. The fourth-order valence-electron chi connectivity index (χ4n) is 1.74. The molecular weight excluding hydrogens is 260 g/mol. The fourth-order valence-corrected chi connectivity index (χ4v) is 2.68. The van der Waals surface area contributed by atoms with Gasteiger partial charge in [-0.25, -0.2) is 0 Å². The van der Waals surface area contributed by atoms with Crippen LogP contribution in [0, 0.1) is 12.8 Å². The molecule has 1 atom stereocenters. The first-order valence-electron chi connectivity index (χ1n) is 6.92. The number of unbranched alkanes of at least 4 members (excludes halogenated alkanes) is 1. The Hall–Kier alpha value is -0.870. The summed E-state index contributed by atoms with van der Waals surface area (Å²) in [7, 11) is -3.58. The standard InChI is InChI=1S/C15H24O3S/c1-4-13(2)7-5-6-12-18-19(16,17)15-10-8-14(3)9-11-15/h8-11,13H,4-7,12H2,1-3H3. The van der Waals surface area contributed by atoms with Crippen LogP contribution in [0.15, 0.2) is 29.2 Å². The van der Waals surface area contributed by atoms with E-state index in [9.17, 15) is 8.42 Å². The largest absolute Gasteiger partial charge is 0.296 e. The summed E-state index contributed by atoms with van der Waals surface area (Å²) in [5.41, 5.74) is 1.03. The van der Waals surface area contributed by atoms with Gasteiger partial charge in [0, 0.05) is 0 Å². The maximum absolute atomic E-state index is 11.9. The van der Waals surface area contributed by atoms with E-state index >= 15 is 0 Å². The predicted octanol–water partition coefficient (Wildman–Crippen LogP) is 3.92. The molecule has 1 rings (SSSR count). The summed E-state index contributed by atoms with van der Waals surface area (Å²) >= 11 is 0. The monoisotopic (exact) mass is 284 g/mol. The quantitative estimate of drug-likeness (QED) is 0.537. The highest BCUT2D eigenvalue weighted by atomic mass is 32.2. The van der Waals surface area contributed by atoms with Gasteiger partial charge < -0.3 is 0 Å². The van der Waals surface area contributed by atoms with Gasteiger partial charge in [0.15, 0.2) is 0 Å². The van der Waals surface area contributed by atoms with E-state index in [0.29, 0.717) is 5.92 Å². The van der Waals surface area contributed by atoms with E-state index in [1.54, 1.807) is 24.3 Å². The maximum Gasteiger partial charge on any atom is 0.296 e. The minimum Gasteiger partial charge on any atom is -0.266 e. The van der Waals surface area contributed by atoms with E-state index in [0.717, 1.165) is 24.8 Å². The van der Waals surface area contributed by atoms with Crippen LogP contribution in [0.25, 0.3) is 0 Å². The number of hydrogen-bond donors (Lipinski definition) is 0. The lowest BCUT2D eigenvalue weighted by molar-refractivity contribution is 0.302. The molecule has 0 aliphatic heterocycles. The molecule has 0 amide bonds. The fraction of sp³-hybridized carbons (Fsp3) is 0.600. The lowest BCUT2D eigenvalue weighted by Crippen LogP contribution is -2.08. The Bertz CT molecular complexity index is 463. The molecule has 3 nitrogen and oxygen atoms in total. The molecule has 0 aliphatic carbocycles. The van der Waals surface area contributed by atoms with Crippen molar-refractivity contribution in [1.82, 2.24) is 0 Å². The van der Waals surface area contributed by atoms with Crippen LogP contribution in [0.4, 0.5) is 0 Å². The summed E-state index contributed by atoms with van der Waals surface area (Å²) in [5, 5.41) is 0. The van der Waals surface area contributed by atoms with E-state index < -0.39 is 10.1 Å². The third-order valence-corrected chi connectivity index (χ3v) is 4.66. The molecule has 0 spiro atoms.